The Hall–Kier alpha value is 0.640. The Balaban J connectivity index is 2.48. The molecule has 0 aromatic carbocycles. The molecule has 0 unspecified atom stereocenters. The average molecular weight is 331 g/mol. The second-order valence-electron chi connectivity index (χ2n) is 4.19. The van der Waals surface area contributed by atoms with E-state index in [4.69, 9.17) is 0 Å². The summed E-state index contributed by atoms with van der Waals surface area (Å²) in [7, 11) is -3.03. The van der Waals surface area contributed by atoms with Crippen molar-refractivity contribution in [3.63, 3.8) is 0 Å². The van der Waals surface area contributed by atoms with Gasteiger partial charge in [0.15, 0.2) is 0 Å². The number of hydrogen-bond acceptors (Lipinski definition) is 2. The van der Waals surface area contributed by atoms with Crippen LogP contribution in [0.1, 0.15) is 32.6 Å². The maximum atomic E-state index is 11.1. The molecule has 1 saturated carbocycles. The number of alkyl halides is 1. The summed E-state index contributed by atoms with van der Waals surface area (Å²) in [6.45, 7) is 2.20. The molecule has 1 N–H and O–H groups in total. The zero-order valence-electron chi connectivity index (χ0n) is 8.66. The first-order valence-corrected chi connectivity index (χ1v) is 8.13. The van der Waals surface area contributed by atoms with Crippen molar-refractivity contribution in [2.45, 2.75) is 42.6 Å². The van der Waals surface area contributed by atoms with Gasteiger partial charge >= 0.3 is 0 Å². The molecule has 14 heavy (non-hydrogen) atoms. The molecule has 1 rings (SSSR count). The predicted molar refractivity (Wildman–Crippen MR) is 67.2 cm³/mol. The van der Waals surface area contributed by atoms with Crippen LogP contribution >= 0.6 is 22.6 Å². The number of hydrogen-bond donors (Lipinski definition) is 1. The molecule has 0 saturated heterocycles. The number of rotatable bonds is 3. The number of halogens is 1. The molecule has 0 amide bonds. The summed E-state index contributed by atoms with van der Waals surface area (Å²) in [5.41, 5.74) is 0. The van der Waals surface area contributed by atoms with Crippen LogP contribution < -0.4 is 4.72 Å². The quantitative estimate of drug-likeness (QED) is 0.634. The molecule has 1 aliphatic carbocycles. The lowest BCUT2D eigenvalue weighted by atomic mass is 9.85. The topological polar surface area (TPSA) is 46.2 Å². The van der Waals surface area contributed by atoms with Gasteiger partial charge in [0.25, 0.3) is 0 Å². The van der Waals surface area contributed by atoms with Gasteiger partial charge in [0.05, 0.1) is 6.26 Å². The van der Waals surface area contributed by atoms with E-state index in [0.717, 1.165) is 19.3 Å². The van der Waals surface area contributed by atoms with Gasteiger partial charge < -0.3 is 0 Å². The Kier molecular flexibility index (Phi) is 4.64. The van der Waals surface area contributed by atoms with Crippen LogP contribution in [0.2, 0.25) is 0 Å². The Morgan fingerprint density at radius 3 is 2.57 bits per heavy atom. The Bertz CT molecular complexity index is 277. The lowest BCUT2D eigenvalue weighted by Gasteiger charge is -2.30. The summed E-state index contributed by atoms with van der Waals surface area (Å²) >= 11 is 2.43. The Morgan fingerprint density at radius 1 is 1.43 bits per heavy atom. The first kappa shape index (κ1) is 12.7. The zero-order valence-corrected chi connectivity index (χ0v) is 11.6. The van der Waals surface area contributed by atoms with Crippen LogP contribution in [0.3, 0.4) is 0 Å². The van der Waals surface area contributed by atoms with Crippen molar-refractivity contribution in [2.75, 3.05) is 6.26 Å². The third-order valence-corrected chi connectivity index (χ3v) is 4.52. The highest BCUT2D eigenvalue weighted by Gasteiger charge is 2.26. The van der Waals surface area contributed by atoms with E-state index in [2.05, 4.69) is 34.2 Å². The smallest absolute Gasteiger partial charge is 0.208 e. The largest absolute Gasteiger partial charge is 0.213 e. The summed E-state index contributed by atoms with van der Waals surface area (Å²) < 4.78 is 25.5. The number of nitrogens with one attached hydrogen (secondary N) is 1. The maximum Gasteiger partial charge on any atom is 0.208 e. The summed E-state index contributed by atoms with van der Waals surface area (Å²) in [6.07, 6.45) is 5.62. The normalized spacial score (nSPS) is 31.4. The molecule has 0 radical (unpaired) electrons. The van der Waals surface area contributed by atoms with Crippen LogP contribution in [0, 0.1) is 5.92 Å². The molecule has 0 aliphatic heterocycles. The van der Waals surface area contributed by atoms with Gasteiger partial charge in [-0.2, -0.15) is 0 Å². The minimum Gasteiger partial charge on any atom is -0.213 e. The predicted octanol–water partition coefficient (Wildman–Crippen LogP) is 1.92. The fourth-order valence-corrected chi connectivity index (χ4v) is 3.53. The second kappa shape index (κ2) is 5.12. The molecule has 0 spiro atoms. The van der Waals surface area contributed by atoms with E-state index in [1.54, 1.807) is 0 Å². The van der Waals surface area contributed by atoms with Gasteiger partial charge in [-0.1, -0.05) is 35.9 Å². The standard InChI is InChI=1S/C9H18INO2S/c1-7(10)8-4-3-5-9(6-8)11-14(2,12)13/h7-9,11H,3-6H2,1-2H3/t7-,8+,9-/m1/s1. The minimum absolute atomic E-state index is 0.168. The van der Waals surface area contributed by atoms with Crippen molar-refractivity contribution in [3.8, 4) is 0 Å². The van der Waals surface area contributed by atoms with Crippen molar-refractivity contribution in [1.82, 2.24) is 4.72 Å². The average Bonchev–Trinajstić information content (AvgIpc) is 2.01. The van der Waals surface area contributed by atoms with Crippen LogP contribution in [-0.2, 0) is 10.0 Å². The first-order chi connectivity index (χ1) is 6.38. The molecular weight excluding hydrogens is 313 g/mol. The van der Waals surface area contributed by atoms with E-state index < -0.39 is 10.0 Å². The zero-order chi connectivity index (χ0) is 10.8. The lowest BCUT2D eigenvalue weighted by Crippen LogP contribution is -2.39. The van der Waals surface area contributed by atoms with Crippen LogP contribution in [0.25, 0.3) is 0 Å². The van der Waals surface area contributed by atoms with E-state index in [1.807, 2.05) is 0 Å². The van der Waals surface area contributed by atoms with E-state index in [0.29, 0.717) is 9.84 Å². The van der Waals surface area contributed by atoms with Gasteiger partial charge in [0.1, 0.15) is 0 Å². The van der Waals surface area contributed by atoms with Gasteiger partial charge in [-0.15, -0.1) is 0 Å². The van der Waals surface area contributed by atoms with E-state index in [9.17, 15) is 8.42 Å². The van der Waals surface area contributed by atoms with Gasteiger partial charge in [-0.05, 0) is 25.2 Å². The van der Waals surface area contributed by atoms with Crippen LogP contribution in [0.5, 0.6) is 0 Å². The van der Waals surface area contributed by atoms with Gasteiger partial charge in [0, 0.05) is 9.97 Å². The van der Waals surface area contributed by atoms with Crippen molar-refractivity contribution in [1.29, 1.82) is 0 Å². The van der Waals surface area contributed by atoms with Gasteiger partial charge in [0.2, 0.25) is 10.0 Å². The third kappa shape index (κ3) is 4.44. The van der Waals surface area contributed by atoms with Crippen LogP contribution in [0.4, 0.5) is 0 Å². The highest BCUT2D eigenvalue weighted by Crippen LogP contribution is 2.30. The second-order valence-corrected chi connectivity index (χ2v) is 7.94. The third-order valence-electron chi connectivity index (χ3n) is 2.75. The SMILES string of the molecule is C[C@@H](I)[C@H]1CCC[C@@H](NS(C)(=O)=O)C1. The molecular formula is C9H18INO2S. The molecule has 3 atom stereocenters. The summed E-state index contributed by atoms with van der Waals surface area (Å²) in [4.78, 5) is 0. The minimum atomic E-state index is -3.03. The van der Waals surface area contributed by atoms with E-state index >= 15 is 0 Å². The molecule has 0 aromatic heterocycles. The molecule has 5 heteroatoms. The fraction of sp³-hybridized carbons (Fsp3) is 1.00. The summed E-state index contributed by atoms with van der Waals surface area (Å²) in [5, 5.41) is 0. The molecule has 0 bridgehead atoms. The first-order valence-electron chi connectivity index (χ1n) is 5.00. The van der Waals surface area contributed by atoms with Crippen molar-refractivity contribution in [2.24, 2.45) is 5.92 Å². The fourth-order valence-electron chi connectivity index (χ4n) is 2.05. The molecule has 84 valence electrons. The van der Waals surface area contributed by atoms with Crippen molar-refractivity contribution in [3.05, 3.63) is 0 Å². The molecule has 1 fully saturated rings. The Morgan fingerprint density at radius 2 is 2.07 bits per heavy atom. The van der Waals surface area contributed by atoms with Gasteiger partial charge in [-0.3, -0.25) is 0 Å². The summed E-state index contributed by atoms with van der Waals surface area (Å²) in [5.74, 6) is 0.670. The van der Waals surface area contributed by atoms with Gasteiger partial charge in [-0.25, -0.2) is 13.1 Å². The molecule has 3 nitrogen and oxygen atoms in total. The van der Waals surface area contributed by atoms with Crippen molar-refractivity contribution >= 4 is 32.6 Å². The summed E-state index contributed by atoms with van der Waals surface area (Å²) in [6, 6.07) is 0.168. The highest BCUT2D eigenvalue weighted by atomic mass is 127. The molecule has 0 aromatic rings. The van der Waals surface area contributed by atoms with Crippen LogP contribution in [-0.4, -0.2) is 24.6 Å². The molecule has 0 heterocycles. The molecule has 1 aliphatic rings. The van der Waals surface area contributed by atoms with E-state index in [1.165, 1.54) is 12.7 Å². The van der Waals surface area contributed by atoms with E-state index in [-0.39, 0.29) is 6.04 Å². The lowest BCUT2D eigenvalue weighted by molar-refractivity contribution is 0.312. The highest BCUT2D eigenvalue weighted by molar-refractivity contribution is 14.1. The number of sulfonamides is 1. The van der Waals surface area contributed by atoms with Crippen molar-refractivity contribution < 1.29 is 8.42 Å². The Labute approximate surface area is 100 Å². The maximum absolute atomic E-state index is 11.1. The monoisotopic (exact) mass is 331 g/mol. The van der Waals surface area contributed by atoms with Crippen LogP contribution in [0.15, 0.2) is 0 Å².